The molecule has 7 heteroatoms. The van der Waals surface area contributed by atoms with Gasteiger partial charge < -0.3 is 19.3 Å². The Morgan fingerprint density at radius 3 is 2.60 bits per heavy atom. The number of ether oxygens (including phenoxy) is 2. The summed E-state index contributed by atoms with van der Waals surface area (Å²) in [5.74, 6) is 0.487. The molecule has 7 nitrogen and oxygen atoms in total. The Morgan fingerprint density at radius 1 is 1.20 bits per heavy atom. The van der Waals surface area contributed by atoms with Crippen LogP contribution in [0.15, 0.2) is 34.9 Å². The fourth-order valence-corrected chi connectivity index (χ4v) is 2.05. The van der Waals surface area contributed by atoms with Crippen LogP contribution in [0, 0.1) is 6.92 Å². The molecule has 1 heterocycles. The van der Waals surface area contributed by atoms with Crippen LogP contribution >= 0.6 is 0 Å². The number of nitrogens with one attached hydrogen (secondary N) is 1. The van der Waals surface area contributed by atoms with Gasteiger partial charge in [-0.15, -0.1) is 0 Å². The molecular formula is C18H22N2O5. The van der Waals surface area contributed by atoms with Crippen molar-refractivity contribution in [3.05, 3.63) is 41.7 Å². The van der Waals surface area contributed by atoms with Gasteiger partial charge in [0.15, 0.2) is 12.4 Å². The number of aromatic nitrogens is 1. The number of hydrogen-bond acceptors (Lipinski definition) is 6. The van der Waals surface area contributed by atoms with Gasteiger partial charge in [-0.3, -0.25) is 4.79 Å². The number of esters is 1. The molecule has 2 rings (SSSR count). The van der Waals surface area contributed by atoms with E-state index in [-0.39, 0.29) is 5.82 Å². The standard InChI is InChI=1S/C18H22N2O5/c1-3-4-5-10-23-15-8-6-14(7-9-15)18(22)24-12-17(21)19-16-11-13(2)25-20-16/h6-9,11H,3-5,10,12H2,1-2H3,(H,19,20,21). The maximum Gasteiger partial charge on any atom is 0.338 e. The highest BCUT2D eigenvalue weighted by molar-refractivity contribution is 5.95. The van der Waals surface area contributed by atoms with E-state index < -0.39 is 18.5 Å². The Labute approximate surface area is 146 Å². The molecule has 2 aromatic rings. The van der Waals surface area contributed by atoms with E-state index in [1.807, 2.05) is 0 Å². The first kappa shape index (κ1) is 18.5. The number of benzene rings is 1. The van der Waals surface area contributed by atoms with Crippen LogP contribution in [0.5, 0.6) is 5.75 Å². The third-order valence-electron chi connectivity index (χ3n) is 3.34. The summed E-state index contributed by atoms with van der Waals surface area (Å²) in [5, 5.41) is 6.10. The Morgan fingerprint density at radius 2 is 1.96 bits per heavy atom. The topological polar surface area (TPSA) is 90.7 Å². The van der Waals surface area contributed by atoms with Crippen LogP contribution in [0.3, 0.4) is 0 Å². The second kappa shape index (κ2) is 9.46. The van der Waals surface area contributed by atoms with Crippen molar-refractivity contribution >= 4 is 17.7 Å². The highest BCUT2D eigenvalue weighted by atomic mass is 16.5. The Balaban J connectivity index is 1.75. The number of carbonyl (C=O) groups excluding carboxylic acids is 2. The lowest BCUT2D eigenvalue weighted by Crippen LogP contribution is -2.21. The van der Waals surface area contributed by atoms with Gasteiger partial charge in [0, 0.05) is 6.07 Å². The van der Waals surface area contributed by atoms with E-state index in [9.17, 15) is 9.59 Å². The molecule has 1 N–H and O–H groups in total. The largest absolute Gasteiger partial charge is 0.494 e. The highest BCUT2D eigenvalue weighted by Crippen LogP contribution is 2.14. The minimum atomic E-state index is -0.580. The Bertz CT molecular complexity index is 694. The predicted octanol–water partition coefficient (Wildman–Crippen LogP) is 3.35. The number of rotatable bonds is 9. The van der Waals surface area contributed by atoms with Gasteiger partial charge in [0.1, 0.15) is 11.5 Å². The zero-order valence-electron chi connectivity index (χ0n) is 14.4. The molecular weight excluding hydrogens is 324 g/mol. The number of nitrogens with zero attached hydrogens (tertiary/aromatic N) is 1. The minimum absolute atomic E-state index is 0.281. The van der Waals surface area contributed by atoms with Gasteiger partial charge in [0.2, 0.25) is 0 Å². The Kier molecular flexibility index (Phi) is 7.00. The maximum atomic E-state index is 11.9. The van der Waals surface area contributed by atoms with E-state index in [4.69, 9.17) is 14.0 Å². The van der Waals surface area contributed by atoms with Crippen molar-refractivity contribution in [1.29, 1.82) is 0 Å². The molecule has 0 saturated heterocycles. The summed E-state index contributed by atoms with van der Waals surface area (Å²) in [6.45, 7) is 4.09. The zero-order chi connectivity index (χ0) is 18.1. The van der Waals surface area contributed by atoms with Gasteiger partial charge in [-0.1, -0.05) is 24.9 Å². The molecule has 25 heavy (non-hydrogen) atoms. The average Bonchev–Trinajstić information content (AvgIpc) is 3.02. The van der Waals surface area contributed by atoms with Gasteiger partial charge >= 0.3 is 5.97 Å². The summed E-state index contributed by atoms with van der Waals surface area (Å²) in [6.07, 6.45) is 3.26. The number of unbranched alkanes of at least 4 members (excludes halogenated alkanes) is 2. The molecule has 1 aromatic carbocycles. The summed E-state index contributed by atoms with van der Waals surface area (Å²) in [5.41, 5.74) is 0.353. The molecule has 0 spiro atoms. The van der Waals surface area contributed by atoms with E-state index in [2.05, 4.69) is 17.4 Å². The Hall–Kier alpha value is -2.83. The SMILES string of the molecule is CCCCCOc1ccc(C(=O)OCC(=O)Nc2cc(C)on2)cc1. The first-order chi connectivity index (χ1) is 12.1. The number of hydrogen-bond donors (Lipinski definition) is 1. The van der Waals surface area contributed by atoms with Gasteiger partial charge in [-0.25, -0.2) is 4.79 Å². The quantitative estimate of drug-likeness (QED) is 0.553. The molecule has 0 unspecified atom stereocenters. The second-order valence-corrected chi connectivity index (χ2v) is 5.53. The minimum Gasteiger partial charge on any atom is -0.494 e. The van der Waals surface area contributed by atoms with Crippen molar-refractivity contribution in [2.24, 2.45) is 0 Å². The lowest BCUT2D eigenvalue weighted by atomic mass is 10.2. The summed E-state index contributed by atoms with van der Waals surface area (Å²) in [7, 11) is 0. The second-order valence-electron chi connectivity index (χ2n) is 5.53. The van der Waals surface area contributed by atoms with Gasteiger partial charge in [0.05, 0.1) is 12.2 Å². The van der Waals surface area contributed by atoms with Crippen molar-refractivity contribution in [2.45, 2.75) is 33.1 Å². The van der Waals surface area contributed by atoms with Crippen LogP contribution in [0.1, 0.15) is 42.3 Å². The van der Waals surface area contributed by atoms with E-state index in [0.717, 1.165) is 19.3 Å². The highest BCUT2D eigenvalue weighted by Gasteiger charge is 2.12. The summed E-state index contributed by atoms with van der Waals surface area (Å²) >= 11 is 0. The number of anilines is 1. The number of aryl methyl sites for hydroxylation is 1. The summed E-state index contributed by atoms with van der Waals surface area (Å²) in [4.78, 5) is 23.6. The molecule has 1 aromatic heterocycles. The fraction of sp³-hybridized carbons (Fsp3) is 0.389. The molecule has 0 fully saturated rings. The molecule has 0 aliphatic rings. The normalized spacial score (nSPS) is 10.3. The van der Waals surface area contributed by atoms with Crippen molar-refractivity contribution in [1.82, 2.24) is 5.16 Å². The maximum absolute atomic E-state index is 11.9. The predicted molar refractivity (Wildman–Crippen MR) is 91.6 cm³/mol. The molecule has 134 valence electrons. The smallest absolute Gasteiger partial charge is 0.338 e. The lowest BCUT2D eigenvalue weighted by Gasteiger charge is -2.07. The molecule has 0 radical (unpaired) electrons. The first-order valence-corrected chi connectivity index (χ1v) is 8.21. The van der Waals surface area contributed by atoms with Gasteiger partial charge in [0.25, 0.3) is 5.91 Å². The molecule has 1 amide bonds. The number of carbonyl (C=O) groups is 2. The van der Waals surface area contributed by atoms with Crippen molar-refractivity contribution < 1.29 is 23.6 Å². The van der Waals surface area contributed by atoms with E-state index >= 15 is 0 Å². The van der Waals surface area contributed by atoms with Crippen molar-refractivity contribution in [3.8, 4) is 5.75 Å². The van der Waals surface area contributed by atoms with E-state index in [1.165, 1.54) is 0 Å². The van der Waals surface area contributed by atoms with Crippen LogP contribution in [-0.2, 0) is 9.53 Å². The van der Waals surface area contributed by atoms with Crippen LogP contribution < -0.4 is 10.1 Å². The van der Waals surface area contributed by atoms with Crippen LogP contribution in [0.2, 0.25) is 0 Å². The molecule has 0 aliphatic heterocycles. The van der Waals surface area contributed by atoms with Crippen molar-refractivity contribution in [3.63, 3.8) is 0 Å². The third kappa shape index (κ3) is 6.29. The summed E-state index contributed by atoms with van der Waals surface area (Å²) in [6, 6.07) is 8.20. The summed E-state index contributed by atoms with van der Waals surface area (Å²) < 4.78 is 15.4. The molecule has 0 saturated carbocycles. The lowest BCUT2D eigenvalue weighted by molar-refractivity contribution is -0.119. The first-order valence-electron chi connectivity index (χ1n) is 8.21. The molecule has 0 atom stereocenters. The number of amides is 1. The van der Waals surface area contributed by atoms with Gasteiger partial charge in [-0.05, 0) is 37.6 Å². The van der Waals surface area contributed by atoms with Crippen LogP contribution in [0.4, 0.5) is 5.82 Å². The van der Waals surface area contributed by atoms with Crippen LogP contribution in [-0.4, -0.2) is 30.2 Å². The van der Waals surface area contributed by atoms with E-state index in [1.54, 1.807) is 37.3 Å². The average molecular weight is 346 g/mol. The van der Waals surface area contributed by atoms with E-state index in [0.29, 0.717) is 23.7 Å². The molecule has 0 bridgehead atoms. The molecule has 0 aliphatic carbocycles. The third-order valence-corrected chi connectivity index (χ3v) is 3.34. The van der Waals surface area contributed by atoms with Gasteiger partial charge in [-0.2, -0.15) is 0 Å². The van der Waals surface area contributed by atoms with Crippen LogP contribution in [0.25, 0.3) is 0 Å². The monoisotopic (exact) mass is 346 g/mol. The fourth-order valence-electron chi connectivity index (χ4n) is 2.05. The zero-order valence-corrected chi connectivity index (χ0v) is 14.4. The van der Waals surface area contributed by atoms with Crippen molar-refractivity contribution in [2.75, 3.05) is 18.5 Å².